The van der Waals surface area contributed by atoms with E-state index in [9.17, 15) is 4.39 Å². The van der Waals surface area contributed by atoms with Crippen molar-refractivity contribution in [1.29, 1.82) is 0 Å². The van der Waals surface area contributed by atoms with Crippen LogP contribution in [0.2, 0.25) is 0 Å². The van der Waals surface area contributed by atoms with Crippen LogP contribution in [0.15, 0.2) is 42.6 Å². The molecular weight excluding hydrogens is 233 g/mol. The standard InChI is InChI=1S/C13H10FN3O/c1-18-11-5-6-12-15-13(16-17(12)8-11)9-3-2-4-10(14)7-9/h2-8H,1H3. The fourth-order valence-corrected chi connectivity index (χ4v) is 1.73. The molecule has 1 aromatic carbocycles. The minimum Gasteiger partial charge on any atom is -0.495 e. The first-order chi connectivity index (χ1) is 8.76. The molecular formula is C13H10FN3O. The number of pyridine rings is 1. The highest BCUT2D eigenvalue weighted by Crippen LogP contribution is 2.18. The van der Waals surface area contributed by atoms with Crippen molar-refractivity contribution < 1.29 is 9.13 Å². The van der Waals surface area contributed by atoms with E-state index in [0.29, 0.717) is 22.8 Å². The summed E-state index contributed by atoms with van der Waals surface area (Å²) in [4.78, 5) is 4.33. The Hall–Kier alpha value is -2.43. The molecule has 18 heavy (non-hydrogen) atoms. The van der Waals surface area contributed by atoms with Crippen LogP contribution in [-0.2, 0) is 0 Å². The summed E-state index contributed by atoms with van der Waals surface area (Å²) in [6.07, 6.45) is 1.73. The average molecular weight is 243 g/mol. The number of aromatic nitrogens is 3. The second kappa shape index (κ2) is 4.10. The Balaban J connectivity index is 2.13. The predicted molar refractivity (Wildman–Crippen MR) is 64.9 cm³/mol. The van der Waals surface area contributed by atoms with Crippen molar-refractivity contribution >= 4 is 5.65 Å². The molecule has 0 radical (unpaired) electrons. The quantitative estimate of drug-likeness (QED) is 0.694. The number of benzene rings is 1. The Morgan fingerprint density at radius 1 is 1.22 bits per heavy atom. The highest BCUT2D eigenvalue weighted by Gasteiger charge is 2.07. The molecule has 0 aliphatic heterocycles. The molecule has 0 aliphatic carbocycles. The molecule has 5 heteroatoms. The van der Waals surface area contributed by atoms with Crippen molar-refractivity contribution in [3.63, 3.8) is 0 Å². The van der Waals surface area contributed by atoms with Gasteiger partial charge in [-0.1, -0.05) is 12.1 Å². The molecule has 0 unspecified atom stereocenters. The van der Waals surface area contributed by atoms with Gasteiger partial charge in [0.15, 0.2) is 11.5 Å². The lowest BCUT2D eigenvalue weighted by atomic mass is 10.2. The molecule has 4 nitrogen and oxygen atoms in total. The first kappa shape index (κ1) is 10.7. The summed E-state index contributed by atoms with van der Waals surface area (Å²) in [6, 6.07) is 9.81. The maximum Gasteiger partial charge on any atom is 0.182 e. The molecule has 0 saturated carbocycles. The van der Waals surface area contributed by atoms with Gasteiger partial charge >= 0.3 is 0 Å². The lowest BCUT2D eigenvalue weighted by Gasteiger charge is -1.97. The van der Waals surface area contributed by atoms with Gasteiger partial charge in [0.05, 0.1) is 13.3 Å². The fraction of sp³-hybridized carbons (Fsp3) is 0.0769. The minimum absolute atomic E-state index is 0.302. The van der Waals surface area contributed by atoms with Gasteiger partial charge in [0.2, 0.25) is 0 Å². The Morgan fingerprint density at radius 2 is 2.11 bits per heavy atom. The smallest absolute Gasteiger partial charge is 0.182 e. The molecule has 0 bridgehead atoms. The SMILES string of the molecule is COc1ccc2nc(-c3cccc(F)c3)nn2c1. The third kappa shape index (κ3) is 1.79. The maximum atomic E-state index is 13.1. The molecule has 0 saturated heterocycles. The average Bonchev–Trinajstić information content (AvgIpc) is 2.81. The Bertz CT molecular complexity index is 708. The van der Waals surface area contributed by atoms with Gasteiger partial charge in [-0.05, 0) is 24.3 Å². The van der Waals surface area contributed by atoms with E-state index in [1.807, 2.05) is 0 Å². The van der Waals surface area contributed by atoms with Gasteiger partial charge in [0.25, 0.3) is 0 Å². The molecule has 0 fully saturated rings. The van der Waals surface area contributed by atoms with E-state index in [-0.39, 0.29) is 5.82 Å². The Kier molecular flexibility index (Phi) is 2.44. The van der Waals surface area contributed by atoms with E-state index < -0.39 is 0 Å². The number of hydrogen-bond acceptors (Lipinski definition) is 3. The summed E-state index contributed by atoms with van der Waals surface area (Å²) >= 11 is 0. The van der Waals surface area contributed by atoms with Crippen molar-refractivity contribution in [3.05, 3.63) is 48.4 Å². The van der Waals surface area contributed by atoms with Crippen LogP contribution in [0.5, 0.6) is 5.75 Å². The zero-order valence-electron chi connectivity index (χ0n) is 9.67. The summed E-state index contributed by atoms with van der Waals surface area (Å²) in [6.45, 7) is 0. The zero-order chi connectivity index (χ0) is 12.5. The van der Waals surface area contributed by atoms with Gasteiger partial charge in [-0.15, -0.1) is 5.10 Å². The van der Waals surface area contributed by atoms with Crippen LogP contribution in [0.1, 0.15) is 0 Å². The number of halogens is 1. The maximum absolute atomic E-state index is 13.1. The predicted octanol–water partition coefficient (Wildman–Crippen LogP) is 2.54. The molecule has 3 aromatic rings. The van der Waals surface area contributed by atoms with Crippen molar-refractivity contribution in [3.8, 4) is 17.1 Å². The first-order valence-corrected chi connectivity index (χ1v) is 5.42. The van der Waals surface area contributed by atoms with E-state index in [1.165, 1.54) is 12.1 Å². The van der Waals surface area contributed by atoms with Crippen LogP contribution in [0.3, 0.4) is 0 Å². The monoisotopic (exact) mass is 243 g/mol. The number of fused-ring (bicyclic) bond motifs is 1. The first-order valence-electron chi connectivity index (χ1n) is 5.42. The summed E-state index contributed by atoms with van der Waals surface area (Å²) in [5.74, 6) is 0.880. The van der Waals surface area contributed by atoms with E-state index in [0.717, 1.165) is 0 Å². The van der Waals surface area contributed by atoms with Gasteiger partial charge in [-0.3, -0.25) is 0 Å². The van der Waals surface area contributed by atoms with E-state index in [2.05, 4.69) is 10.1 Å². The highest BCUT2D eigenvalue weighted by atomic mass is 19.1. The second-order valence-corrected chi connectivity index (χ2v) is 3.82. The molecule has 0 amide bonds. The molecule has 90 valence electrons. The van der Waals surface area contributed by atoms with Crippen LogP contribution >= 0.6 is 0 Å². The summed E-state index contributed by atoms with van der Waals surface area (Å²) in [5.41, 5.74) is 1.34. The zero-order valence-corrected chi connectivity index (χ0v) is 9.67. The highest BCUT2D eigenvalue weighted by molar-refractivity contribution is 5.58. The Morgan fingerprint density at radius 3 is 2.89 bits per heavy atom. The third-order valence-corrected chi connectivity index (χ3v) is 2.62. The van der Waals surface area contributed by atoms with Crippen LogP contribution in [0.25, 0.3) is 17.0 Å². The summed E-state index contributed by atoms with van der Waals surface area (Å²) in [5, 5.41) is 4.29. The second-order valence-electron chi connectivity index (χ2n) is 3.82. The van der Waals surface area contributed by atoms with Crippen LogP contribution in [-0.4, -0.2) is 21.7 Å². The van der Waals surface area contributed by atoms with Gasteiger partial charge in [0, 0.05) is 5.56 Å². The van der Waals surface area contributed by atoms with E-state index in [4.69, 9.17) is 4.74 Å². The van der Waals surface area contributed by atoms with E-state index >= 15 is 0 Å². The molecule has 3 rings (SSSR count). The largest absolute Gasteiger partial charge is 0.495 e. The van der Waals surface area contributed by atoms with Gasteiger partial charge < -0.3 is 4.74 Å². The summed E-state index contributed by atoms with van der Waals surface area (Å²) in [7, 11) is 1.59. The topological polar surface area (TPSA) is 39.4 Å². The lowest BCUT2D eigenvalue weighted by Crippen LogP contribution is -1.90. The van der Waals surface area contributed by atoms with Gasteiger partial charge in [-0.2, -0.15) is 0 Å². The molecule has 0 aliphatic rings. The fourth-order valence-electron chi connectivity index (χ4n) is 1.73. The van der Waals surface area contributed by atoms with Crippen molar-refractivity contribution in [2.24, 2.45) is 0 Å². The molecule has 0 spiro atoms. The van der Waals surface area contributed by atoms with E-state index in [1.54, 1.807) is 42.1 Å². The van der Waals surface area contributed by atoms with Crippen LogP contribution < -0.4 is 4.74 Å². The number of methoxy groups -OCH3 is 1. The summed E-state index contributed by atoms with van der Waals surface area (Å²) < 4.78 is 19.9. The van der Waals surface area contributed by atoms with Crippen LogP contribution in [0.4, 0.5) is 4.39 Å². The van der Waals surface area contributed by atoms with Gasteiger partial charge in [-0.25, -0.2) is 13.9 Å². The molecule has 0 atom stereocenters. The lowest BCUT2D eigenvalue weighted by molar-refractivity contribution is 0.411. The minimum atomic E-state index is -0.302. The number of rotatable bonds is 2. The van der Waals surface area contributed by atoms with Gasteiger partial charge in [0.1, 0.15) is 11.6 Å². The molecule has 2 heterocycles. The van der Waals surface area contributed by atoms with Crippen molar-refractivity contribution in [2.45, 2.75) is 0 Å². The van der Waals surface area contributed by atoms with Crippen molar-refractivity contribution in [1.82, 2.24) is 14.6 Å². The molecule has 2 aromatic heterocycles. The van der Waals surface area contributed by atoms with Crippen LogP contribution in [0, 0.1) is 5.82 Å². The molecule has 0 N–H and O–H groups in total. The van der Waals surface area contributed by atoms with Crippen molar-refractivity contribution in [2.75, 3.05) is 7.11 Å². The normalized spacial score (nSPS) is 10.8. The Labute approximate surface area is 103 Å². The number of hydrogen-bond donors (Lipinski definition) is 0. The third-order valence-electron chi connectivity index (χ3n) is 2.62. The number of ether oxygens (including phenoxy) is 1. The number of nitrogens with zero attached hydrogens (tertiary/aromatic N) is 3.